The molecule has 1 N–H and O–H groups in total. The Hall–Kier alpha value is -1.49. The zero-order valence-corrected chi connectivity index (χ0v) is 19.9. The van der Waals surface area contributed by atoms with Gasteiger partial charge >= 0.3 is 0 Å². The van der Waals surface area contributed by atoms with Crippen molar-refractivity contribution in [2.75, 3.05) is 38.5 Å². The van der Waals surface area contributed by atoms with Crippen molar-refractivity contribution < 1.29 is 4.74 Å². The van der Waals surface area contributed by atoms with Crippen molar-refractivity contribution in [1.82, 2.24) is 10.2 Å². The molecule has 1 aliphatic rings. The van der Waals surface area contributed by atoms with Crippen LogP contribution in [0.5, 0.6) is 5.75 Å². The van der Waals surface area contributed by atoms with Crippen molar-refractivity contribution >= 4 is 11.8 Å². The summed E-state index contributed by atoms with van der Waals surface area (Å²) in [6.45, 7) is 6.49. The molecule has 0 saturated carbocycles. The maximum Gasteiger partial charge on any atom is 0.119 e. The molecule has 1 heterocycles. The highest BCUT2D eigenvalue weighted by Crippen LogP contribution is 2.19. The van der Waals surface area contributed by atoms with Crippen LogP contribution in [0.1, 0.15) is 56.9 Å². The van der Waals surface area contributed by atoms with E-state index >= 15 is 0 Å². The van der Waals surface area contributed by atoms with E-state index < -0.39 is 0 Å². The van der Waals surface area contributed by atoms with Crippen LogP contribution in [0.3, 0.4) is 0 Å². The highest BCUT2D eigenvalue weighted by molar-refractivity contribution is 7.99. The molecule has 0 aliphatic carbocycles. The van der Waals surface area contributed by atoms with Crippen molar-refractivity contribution in [2.24, 2.45) is 0 Å². The lowest BCUT2D eigenvalue weighted by Crippen LogP contribution is -2.29. The monoisotopic (exact) mass is 440 g/mol. The Bertz CT molecular complexity index is 703. The second kappa shape index (κ2) is 15.3. The van der Waals surface area contributed by atoms with Crippen LogP contribution in [-0.2, 0) is 6.54 Å². The maximum absolute atomic E-state index is 5.98. The van der Waals surface area contributed by atoms with Gasteiger partial charge in [0.2, 0.25) is 0 Å². The van der Waals surface area contributed by atoms with Gasteiger partial charge in [-0.05, 0) is 93.9 Å². The van der Waals surface area contributed by atoms with E-state index in [1.807, 2.05) is 11.8 Å². The molecule has 2 aromatic rings. The lowest BCUT2D eigenvalue weighted by molar-refractivity contribution is 0.220. The van der Waals surface area contributed by atoms with Crippen molar-refractivity contribution in [3.63, 3.8) is 0 Å². The van der Waals surface area contributed by atoms with Gasteiger partial charge in [0, 0.05) is 11.4 Å². The molecule has 3 rings (SSSR count). The van der Waals surface area contributed by atoms with E-state index in [1.54, 1.807) is 0 Å². The second-order valence-electron chi connectivity index (χ2n) is 8.51. The molecule has 0 radical (unpaired) electrons. The van der Waals surface area contributed by atoms with Gasteiger partial charge in [-0.3, -0.25) is 4.90 Å². The summed E-state index contributed by atoms with van der Waals surface area (Å²) in [6.07, 6.45) is 10.4. The predicted molar refractivity (Wildman–Crippen MR) is 134 cm³/mol. The smallest absolute Gasteiger partial charge is 0.119 e. The number of nitrogens with zero attached hydrogens (tertiary/aromatic N) is 1. The van der Waals surface area contributed by atoms with Gasteiger partial charge in [0.1, 0.15) is 5.75 Å². The molecule has 1 saturated heterocycles. The van der Waals surface area contributed by atoms with Crippen LogP contribution < -0.4 is 10.1 Å². The van der Waals surface area contributed by atoms with E-state index in [1.165, 1.54) is 74.2 Å². The number of rotatable bonds is 15. The summed E-state index contributed by atoms with van der Waals surface area (Å²) in [5.74, 6) is 2.25. The Morgan fingerprint density at radius 3 is 2.48 bits per heavy atom. The molecular weight excluding hydrogens is 400 g/mol. The minimum atomic E-state index is 0.789. The fourth-order valence-electron chi connectivity index (χ4n) is 4.03. The minimum absolute atomic E-state index is 0.789. The van der Waals surface area contributed by atoms with Crippen LogP contribution in [0.25, 0.3) is 0 Å². The molecule has 0 unspecified atom stereocenters. The largest absolute Gasteiger partial charge is 0.494 e. The number of piperidine rings is 1. The van der Waals surface area contributed by atoms with Crippen molar-refractivity contribution in [3.05, 3.63) is 60.2 Å². The number of hydrogen-bond acceptors (Lipinski definition) is 4. The Balaban J connectivity index is 1.14. The maximum atomic E-state index is 5.98. The van der Waals surface area contributed by atoms with Gasteiger partial charge in [-0.15, -0.1) is 11.8 Å². The summed E-state index contributed by atoms with van der Waals surface area (Å²) in [7, 11) is 0. The van der Waals surface area contributed by atoms with Crippen LogP contribution in [0.15, 0.2) is 59.5 Å². The normalized spacial score (nSPS) is 14.6. The summed E-state index contributed by atoms with van der Waals surface area (Å²) < 4.78 is 5.98. The fraction of sp³-hybridized carbons (Fsp3) is 0.556. The number of thioether (sulfide) groups is 1. The summed E-state index contributed by atoms with van der Waals surface area (Å²) >= 11 is 1.97. The van der Waals surface area contributed by atoms with Gasteiger partial charge in [-0.25, -0.2) is 0 Å². The molecule has 0 spiro atoms. The van der Waals surface area contributed by atoms with Gasteiger partial charge in [0.15, 0.2) is 0 Å². The topological polar surface area (TPSA) is 24.5 Å². The molecule has 1 aliphatic heterocycles. The Morgan fingerprint density at radius 1 is 0.806 bits per heavy atom. The zero-order valence-electron chi connectivity index (χ0n) is 19.1. The molecule has 0 aromatic heterocycles. The molecule has 4 heteroatoms. The lowest BCUT2D eigenvalue weighted by Gasteiger charge is -2.26. The molecular formula is C27H40N2OS. The number of hydrogen-bond donors (Lipinski definition) is 1. The zero-order chi connectivity index (χ0) is 21.4. The summed E-state index contributed by atoms with van der Waals surface area (Å²) in [6, 6.07) is 19.4. The Labute approximate surface area is 194 Å². The first-order valence-electron chi connectivity index (χ1n) is 12.2. The van der Waals surface area contributed by atoms with E-state index in [0.717, 1.165) is 38.4 Å². The summed E-state index contributed by atoms with van der Waals surface area (Å²) in [4.78, 5) is 3.95. The molecule has 3 nitrogen and oxygen atoms in total. The van der Waals surface area contributed by atoms with E-state index in [9.17, 15) is 0 Å². The van der Waals surface area contributed by atoms with E-state index in [4.69, 9.17) is 4.74 Å². The van der Waals surface area contributed by atoms with Gasteiger partial charge in [0.05, 0.1) is 6.61 Å². The molecule has 170 valence electrons. The Kier molecular flexibility index (Phi) is 12.0. The third-order valence-corrected chi connectivity index (χ3v) is 6.88. The van der Waals surface area contributed by atoms with Crippen molar-refractivity contribution in [2.45, 2.75) is 62.8 Å². The third-order valence-electron chi connectivity index (χ3n) is 5.78. The average Bonchev–Trinajstić information content (AvgIpc) is 2.81. The standard InChI is InChI=1S/C27H40N2OS/c1(2-10-22-31-27-15-5-3-6-16-27)7-17-28-18-12-21-30-26-14-11-13-25(23-26)24-29-19-8-4-9-20-29/h3,5-6,11,13-16,23,28H,1-2,4,7-10,12,17-22,24H2. The van der Waals surface area contributed by atoms with Gasteiger partial charge in [0.25, 0.3) is 0 Å². The highest BCUT2D eigenvalue weighted by Gasteiger charge is 2.10. The van der Waals surface area contributed by atoms with Crippen LogP contribution in [0, 0.1) is 0 Å². The lowest BCUT2D eigenvalue weighted by atomic mass is 10.1. The number of likely N-dealkylation sites (tertiary alicyclic amines) is 1. The van der Waals surface area contributed by atoms with E-state index in [2.05, 4.69) is 64.8 Å². The van der Waals surface area contributed by atoms with Gasteiger partial charge in [-0.2, -0.15) is 0 Å². The van der Waals surface area contributed by atoms with Crippen LogP contribution >= 0.6 is 11.8 Å². The quantitative estimate of drug-likeness (QED) is 0.256. The van der Waals surface area contributed by atoms with Crippen LogP contribution in [-0.4, -0.2) is 43.4 Å². The second-order valence-corrected chi connectivity index (χ2v) is 9.68. The minimum Gasteiger partial charge on any atom is -0.494 e. The average molecular weight is 441 g/mol. The highest BCUT2D eigenvalue weighted by atomic mass is 32.2. The van der Waals surface area contributed by atoms with Crippen molar-refractivity contribution in [3.8, 4) is 5.75 Å². The molecule has 0 amide bonds. The number of ether oxygens (including phenoxy) is 1. The first-order chi connectivity index (χ1) is 15.4. The molecule has 0 atom stereocenters. The van der Waals surface area contributed by atoms with Crippen LogP contribution in [0.4, 0.5) is 0 Å². The first kappa shape index (κ1) is 24.2. The van der Waals surface area contributed by atoms with Crippen molar-refractivity contribution in [1.29, 1.82) is 0 Å². The van der Waals surface area contributed by atoms with Gasteiger partial charge in [-0.1, -0.05) is 49.6 Å². The number of benzene rings is 2. The predicted octanol–water partition coefficient (Wildman–Crippen LogP) is 6.38. The number of nitrogens with one attached hydrogen (secondary N) is 1. The molecule has 1 fully saturated rings. The third kappa shape index (κ3) is 10.6. The van der Waals surface area contributed by atoms with E-state index in [0.29, 0.717) is 0 Å². The van der Waals surface area contributed by atoms with Gasteiger partial charge < -0.3 is 10.1 Å². The molecule has 2 aromatic carbocycles. The molecule has 31 heavy (non-hydrogen) atoms. The first-order valence-corrected chi connectivity index (χ1v) is 13.2. The van der Waals surface area contributed by atoms with Crippen LogP contribution in [0.2, 0.25) is 0 Å². The molecule has 0 bridgehead atoms. The van der Waals surface area contributed by atoms with E-state index in [-0.39, 0.29) is 0 Å². The SMILES string of the molecule is c1ccc(SCCCCCCNCCCOc2cccc(CN3CCCCC3)c2)cc1. The fourth-order valence-corrected chi connectivity index (χ4v) is 4.97. The summed E-state index contributed by atoms with van der Waals surface area (Å²) in [5.41, 5.74) is 1.37. The summed E-state index contributed by atoms with van der Waals surface area (Å²) in [5, 5.41) is 3.56. The Morgan fingerprint density at radius 2 is 1.61 bits per heavy atom. The number of unbranched alkanes of at least 4 members (excludes halogenated alkanes) is 3.